The van der Waals surface area contributed by atoms with Gasteiger partial charge in [-0.25, -0.2) is 0 Å². The minimum atomic E-state index is -0.931. The Balaban J connectivity index is 1.61. The van der Waals surface area contributed by atoms with Gasteiger partial charge in [0.1, 0.15) is 0 Å². The Morgan fingerprint density at radius 1 is 0.917 bits per heavy atom. The predicted octanol–water partition coefficient (Wildman–Crippen LogP) is 4.15. The molecule has 0 unspecified atom stereocenters. The second kappa shape index (κ2) is 8.03. The Labute approximate surface area is 216 Å². The molecule has 5 rings (SSSR count). The first-order valence-electron chi connectivity index (χ1n) is 14.2. The lowest BCUT2D eigenvalue weighted by molar-refractivity contribution is -0.243. The molecule has 5 aliphatic carbocycles. The number of aliphatic hydroxyl groups excluding tert-OH is 4. The lowest BCUT2D eigenvalue weighted by Crippen LogP contribution is -2.68. The van der Waals surface area contributed by atoms with E-state index in [1.807, 2.05) is 6.92 Å². The summed E-state index contributed by atoms with van der Waals surface area (Å²) in [5, 5.41) is 53.1. The predicted molar refractivity (Wildman–Crippen MR) is 137 cm³/mol. The first-order valence-corrected chi connectivity index (χ1v) is 14.2. The lowest BCUT2D eigenvalue weighted by Gasteiger charge is -2.71. The van der Waals surface area contributed by atoms with Gasteiger partial charge >= 0.3 is 5.97 Å². The maximum Gasteiger partial charge on any atom is 0.310 e. The van der Waals surface area contributed by atoms with Crippen LogP contribution < -0.4 is 0 Å². The molecule has 11 atom stereocenters. The van der Waals surface area contributed by atoms with Gasteiger partial charge in [-0.05, 0) is 97.2 Å². The summed E-state index contributed by atoms with van der Waals surface area (Å²) in [6.45, 7) is 11.0. The summed E-state index contributed by atoms with van der Waals surface area (Å²) in [6, 6.07) is 0. The SMILES string of the molecule is C[C@@]1(CO)CC[C@]2(C(=O)O)CC[C@]3(C)C(=CC[C@@H]4[C@@]5(C)C[C@@H](O)[C@H](O)[C@@](C)(CO)[C@@H]5CC[C@]43C)[C@@H]2C1. The van der Waals surface area contributed by atoms with E-state index in [1.54, 1.807) is 0 Å². The molecule has 0 heterocycles. The zero-order valence-corrected chi connectivity index (χ0v) is 22.9. The molecule has 0 radical (unpaired) electrons. The number of fused-ring (bicyclic) bond motifs is 7. The molecule has 4 saturated carbocycles. The zero-order chi connectivity index (χ0) is 26.5. The summed E-state index contributed by atoms with van der Waals surface area (Å²) in [4.78, 5) is 12.8. The number of hydrogen-bond donors (Lipinski definition) is 5. The van der Waals surface area contributed by atoms with Crippen molar-refractivity contribution in [3.8, 4) is 0 Å². The van der Waals surface area contributed by atoms with E-state index in [9.17, 15) is 30.3 Å². The van der Waals surface area contributed by atoms with Crippen molar-refractivity contribution in [2.24, 2.45) is 50.2 Å². The Morgan fingerprint density at radius 3 is 2.19 bits per heavy atom. The summed E-state index contributed by atoms with van der Waals surface area (Å²) in [5.74, 6) is -0.360. The van der Waals surface area contributed by atoms with Crippen molar-refractivity contribution in [3.63, 3.8) is 0 Å². The van der Waals surface area contributed by atoms with E-state index in [1.165, 1.54) is 5.57 Å². The zero-order valence-electron chi connectivity index (χ0n) is 22.9. The number of carboxylic acid groups (broad SMARTS) is 1. The molecule has 0 saturated heterocycles. The van der Waals surface area contributed by atoms with Gasteiger partial charge in [-0.15, -0.1) is 0 Å². The van der Waals surface area contributed by atoms with Gasteiger partial charge in [0.25, 0.3) is 0 Å². The molecule has 4 fully saturated rings. The van der Waals surface area contributed by atoms with Crippen molar-refractivity contribution in [2.75, 3.05) is 13.2 Å². The Hall–Kier alpha value is -0.950. The quantitative estimate of drug-likeness (QED) is 0.369. The highest BCUT2D eigenvalue weighted by Crippen LogP contribution is 2.75. The fraction of sp³-hybridized carbons (Fsp3) is 0.900. The highest BCUT2D eigenvalue weighted by atomic mass is 16.4. The molecule has 6 heteroatoms. The van der Waals surface area contributed by atoms with Crippen molar-refractivity contribution < 1.29 is 30.3 Å². The minimum absolute atomic E-state index is 0.0653. The van der Waals surface area contributed by atoms with Crippen LogP contribution in [0.5, 0.6) is 0 Å². The second-order valence-corrected chi connectivity index (χ2v) is 14.9. The van der Waals surface area contributed by atoms with E-state index in [0.29, 0.717) is 25.7 Å². The fourth-order valence-corrected chi connectivity index (χ4v) is 10.8. The summed E-state index contributed by atoms with van der Waals surface area (Å²) >= 11 is 0. The van der Waals surface area contributed by atoms with Gasteiger partial charge in [-0.3, -0.25) is 4.79 Å². The van der Waals surface area contributed by atoms with E-state index < -0.39 is 29.0 Å². The van der Waals surface area contributed by atoms with Gasteiger partial charge in [-0.1, -0.05) is 46.3 Å². The van der Waals surface area contributed by atoms with Gasteiger partial charge in [0.15, 0.2) is 0 Å². The highest BCUT2D eigenvalue weighted by molar-refractivity contribution is 5.76. The molecule has 0 aliphatic heterocycles. The van der Waals surface area contributed by atoms with Crippen molar-refractivity contribution >= 4 is 5.97 Å². The van der Waals surface area contributed by atoms with Crippen LogP contribution in [0.25, 0.3) is 0 Å². The van der Waals surface area contributed by atoms with Crippen LogP contribution in [0.3, 0.4) is 0 Å². The topological polar surface area (TPSA) is 118 Å². The molecular weight excluding hydrogens is 456 g/mol. The Kier molecular flexibility index (Phi) is 5.95. The maximum atomic E-state index is 12.8. The van der Waals surface area contributed by atoms with E-state index in [2.05, 4.69) is 33.8 Å². The van der Waals surface area contributed by atoms with Crippen LogP contribution >= 0.6 is 0 Å². The standard InChI is InChI=1S/C30H48O6/c1-25(16-31)10-12-30(24(35)36)13-11-28(4)18(19(30)14-25)6-7-22-26(2)15-20(33)23(34)27(3,17-32)21(26)8-9-29(22,28)5/h6,19-23,31-34H,7-17H2,1-5H3,(H,35,36)/t19-,20+,21+,22+,23-,25+,26-,27-,28+,29+,30-/m0/s1. The molecular formula is C30H48O6. The summed E-state index contributed by atoms with van der Waals surface area (Å²) in [6.07, 6.45) is 7.37. The molecule has 0 bridgehead atoms. The summed E-state index contributed by atoms with van der Waals surface area (Å²) < 4.78 is 0. The summed E-state index contributed by atoms with van der Waals surface area (Å²) in [7, 11) is 0. The van der Waals surface area contributed by atoms with E-state index >= 15 is 0 Å². The monoisotopic (exact) mass is 504 g/mol. The molecule has 5 aliphatic rings. The molecule has 204 valence electrons. The average molecular weight is 505 g/mol. The van der Waals surface area contributed by atoms with Gasteiger partial charge in [-0.2, -0.15) is 0 Å². The van der Waals surface area contributed by atoms with Crippen LogP contribution in [-0.4, -0.2) is 56.9 Å². The fourth-order valence-electron chi connectivity index (χ4n) is 10.8. The normalized spacial score (nSPS) is 56.5. The van der Waals surface area contributed by atoms with Crippen LogP contribution in [0, 0.1) is 50.2 Å². The third-order valence-electron chi connectivity index (χ3n) is 13.4. The van der Waals surface area contributed by atoms with E-state index in [4.69, 9.17) is 0 Å². The number of carbonyl (C=O) groups is 1. The maximum absolute atomic E-state index is 12.8. The molecule has 36 heavy (non-hydrogen) atoms. The third-order valence-corrected chi connectivity index (χ3v) is 13.4. The average Bonchev–Trinajstić information content (AvgIpc) is 2.83. The number of aliphatic hydroxyl groups is 4. The van der Waals surface area contributed by atoms with Gasteiger partial charge in [0.2, 0.25) is 0 Å². The first kappa shape index (κ1) is 26.6. The number of hydrogen-bond acceptors (Lipinski definition) is 5. The van der Waals surface area contributed by atoms with Gasteiger partial charge < -0.3 is 25.5 Å². The lowest BCUT2D eigenvalue weighted by atomic mass is 9.33. The van der Waals surface area contributed by atoms with Crippen LogP contribution in [0.4, 0.5) is 0 Å². The highest BCUT2D eigenvalue weighted by Gasteiger charge is 2.70. The molecule has 0 aromatic rings. The van der Waals surface area contributed by atoms with Gasteiger partial charge in [0.05, 0.1) is 24.2 Å². The number of rotatable bonds is 3. The molecule has 0 amide bonds. The summed E-state index contributed by atoms with van der Waals surface area (Å²) in [5.41, 5.74) is -0.896. The van der Waals surface area contributed by atoms with Gasteiger partial charge in [0, 0.05) is 12.0 Å². The van der Waals surface area contributed by atoms with Crippen LogP contribution in [-0.2, 0) is 4.79 Å². The van der Waals surface area contributed by atoms with E-state index in [-0.39, 0.29) is 52.6 Å². The number of carboxylic acids is 1. The smallest absolute Gasteiger partial charge is 0.310 e. The molecule has 0 aromatic heterocycles. The van der Waals surface area contributed by atoms with Crippen molar-refractivity contribution in [1.82, 2.24) is 0 Å². The largest absolute Gasteiger partial charge is 0.481 e. The Morgan fingerprint density at radius 2 is 1.58 bits per heavy atom. The molecule has 0 spiro atoms. The van der Waals surface area contributed by atoms with Crippen LogP contribution in [0.2, 0.25) is 0 Å². The molecule has 5 N–H and O–H groups in total. The first-order chi connectivity index (χ1) is 16.7. The molecule has 0 aromatic carbocycles. The van der Waals surface area contributed by atoms with E-state index in [0.717, 1.165) is 32.1 Å². The van der Waals surface area contributed by atoms with Crippen molar-refractivity contribution in [3.05, 3.63) is 11.6 Å². The third kappa shape index (κ3) is 3.08. The second-order valence-electron chi connectivity index (χ2n) is 14.9. The Bertz CT molecular complexity index is 963. The van der Waals surface area contributed by atoms with Crippen molar-refractivity contribution in [2.45, 2.75) is 105 Å². The van der Waals surface area contributed by atoms with Crippen molar-refractivity contribution in [1.29, 1.82) is 0 Å². The molecule has 6 nitrogen and oxygen atoms in total. The minimum Gasteiger partial charge on any atom is -0.481 e. The van der Waals surface area contributed by atoms with Crippen LogP contribution in [0.1, 0.15) is 92.4 Å². The number of allylic oxidation sites excluding steroid dienone is 2. The number of aliphatic carboxylic acids is 1. The van der Waals surface area contributed by atoms with Crippen LogP contribution in [0.15, 0.2) is 11.6 Å².